The molecule has 0 atom stereocenters. The van der Waals surface area contributed by atoms with E-state index in [-0.39, 0.29) is 12.6 Å². The van der Waals surface area contributed by atoms with Gasteiger partial charge in [-0.25, -0.2) is 14.8 Å². The van der Waals surface area contributed by atoms with Crippen molar-refractivity contribution < 1.29 is 14.3 Å². The first-order chi connectivity index (χ1) is 12.7. The second kappa shape index (κ2) is 8.62. The fourth-order valence-corrected chi connectivity index (χ4v) is 3.49. The zero-order chi connectivity index (χ0) is 18.4. The predicted octanol–water partition coefficient (Wildman–Crippen LogP) is 3.60. The Morgan fingerprint density at radius 2 is 2.04 bits per heavy atom. The summed E-state index contributed by atoms with van der Waals surface area (Å²) in [7, 11) is 0. The second-order valence-electron chi connectivity index (χ2n) is 5.73. The number of nitrogens with zero attached hydrogens (tertiary/aromatic N) is 2. The summed E-state index contributed by atoms with van der Waals surface area (Å²) in [6.07, 6.45) is 2.45. The van der Waals surface area contributed by atoms with Gasteiger partial charge in [0.25, 0.3) is 0 Å². The topological polar surface area (TPSA) is 73.3 Å². The Bertz CT molecular complexity index is 877. The Hall–Kier alpha value is -2.67. The summed E-state index contributed by atoms with van der Waals surface area (Å²) >= 11 is 1.66. The number of fused-ring (bicyclic) bond motifs is 1. The molecule has 0 amide bonds. The average Bonchev–Trinajstić information content (AvgIpc) is 3.03. The van der Waals surface area contributed by atoms with Crippen molar-refractivity contribution in [1.82, 2.24) is 9.97 Å². The summed E-state index contributed by atoms with van der Waals surface area (Å²) in [6.45, 7) is 4.89. The van der Waals surface area contributed by atoms with Crippen LogP contribution in [0.2, 0.25) is 0 Å². The number of carbonyl (C=O) groups excluding carboxylic acids is 1. The van der Waals surface area contributed by atoms with E-state index in [1.807, 2.05) is 24.3 Å². The Kier molecular flexibility index (Phi) is 6.01. The van der Waals surface area contributed by atoms with Gasteiger partial charge in [-0.05, 0) is 48.9 Å². The fraction of sp³-hybridized carbons (Fsp3) is 0.316. The van der Waals surface area contributed by atoms with E-state index in [0.29, 0.717) is 12.4 Å². The van der Waals surface area contributed by atoms with Gasteiger partial charge < -0.3 is 14.8 Å². The third-order valence-corrected chi connectivity index (χ3v) is 4.92. The van der Waals surface area contributed by atoms with E-state index in [1.54, 1.807) is 24.6 Å². The van der Waals surface area contributed by atoms with Crippen molar-refractivity contribution in [3.05, 3.63) is 47.1 Å². The van der Waals surface area contributed by atoms with Gasteiger partial charge in [-0.15, -0.1) is 11.3 Å². The molecule has 3 aromatic rings. The molecule has 1 N–H and O–H groups in total. The SMILES string of the molecule is CCOC(=O)COc1ccc(CCNc2ncnc3c(C)csc23)cc1. The van der Waals surface area contributed by atoms with E-state index in [4.69, 9.17) is 9.47 Å². The van der Waals surface area contributed by atoms with E-state index in [0.717, 1.165) is 29.0 Å². The zero-order valence-corrected chi connectivity index (χ0v) is 15.6. The molecule has 2 heterocycles. The van der Waals surface area contributed by atoms with Crippen molar-refractivity contribution in [3.63, 3.8) is 0 Å². The van der Waals surface area contributed by atoms with Gasteiger partial charge in [0.05, 0.1) is 16.8 Å². The maximum Gasteiger partial charge on any atom is 0.344 e. The number of benzene rings is 1. The summed E-state index contributed by atoms with van der Waals surface area (Å²) in [6, 6.07) is 7.71. The molecule has 0 saturated carbocycles. The van der Waals surface area contributed by atoms with E-state index < -0.39 is 0 Å². The lowest BCUT2D eigenvalue weighted by molar-refractivity contribution is -0.145. The van der Waals surface area contributed by atoms with Crippen LogP contribution >= 0.6 is 11.3 Å². The molecule has 6 nitrogen and oxygen atoms in total. The Labute approximate surface area is 156 Å². The molecule has 0 aliphatic carbocycles. The van der Waals surface area contributed by atoms with E-state index in [1.165, 1.54) is 11.1 Å². The molecule has 0 aliphatic rings. The number of anilines is 1. The van der Waals surface area contributed by atoms with Crippen LogP contribution in [0.25, 0.3) is 10.2 Å². The van der Waals surface area contributed by atoms with Gasteiger partial charge in [0.2, 0.25) is 0 Å². The molecule has 26 heavy (non-hydrogen) atoms. The van der Waals surface area contributed by atoms with Crippen LogP contribution in [0.3, 0.4) is 0 Å². The van der Waals surface area contributed by atoms with Crippen LogP contribution in [0.1, 0.15) is 18.1 Å². The minimum Gasteiger partial charge on any atom is -0.482 e. The van der Waals surface area contributed by atoms with Crippen LogP contribution in [-0.2, 0) is 16.0 Å². The van der Waals surface area contributed by atoms with Gasteiger partial charge >= 0.3 is 5.97 Å². The van der Waals surface area contributed by atoms with Crippen molar-refractivity contribution >= 4 is 33.3 Å². The molecule has 0 fully saturated rings. The Balaban J connectivity index is 1.51. The monoisotopic (exact) mass is 371 g/mol. The average molecular weight is 371 g/mol. The smallest absolute Gasteiger partial charge is 0.344 e. The van der Waals surface area contributed by atoms with Crippen LogP contribution in [-0.4, -0.2) is 35.7 Å². The largest absolute Gasteiger partial charge is 0.482 e. The molecule has 0 unspecified atom stereocenters. The van der Waals surface area contributed by atoms with Gasteiger partial charge in [0.15, 0.2) is 6.61 Å². The molecular formula is C19H21N3O3S. The fourth-order valence-electron chi connectivity index (χ4n) is 2.52. The lowest BCUT2D eigenvalue weighted by Crippen LogP contribution is -2.14. The second-order valence-corrected chi connectivity index (χ2v) is 6.61. The minimum atomic E-state index is -0.360. The Morgan fingerprint density at radius 1 is 1.23 bits per heavy atom. The molecule has 0 bridgehead atoms. The molecule has 2 aromatic heterocycles. The highest BCUT2D eigenvalue weighted by Gasteiger charge is 2.07. The summed E-state index contributed by atoms with van der Waals surface area (Å²) in [5.41, 5.74) is 3.36. The van der Waals surface area contributed by atoms with Crippen LogP contribution in [0.15, 0.2) is 36.0 Å². The zero-order valence-electron chi connectivity index (χ0n) is 14.8. The number of aromatic nitrogens is 2. The third kappa shape index (κ3) is 4.49. The molecule has 0 spiro atoms. The molecule has 1 aromatic carbocycles. The van der Waals surface area contributed by atoms with Crippen molar-refractivity contribution in [3.8, 4) is 5.75 Å². The molecular weight excluding hydrogens is 350 g/mol. The number of rotatable bonds is 8. The maximum absolute atomic E-state index is 11.3. The van der Waals surface area contributed by atoms with Crippen molar-refractivity contribution in [2.45, 2.75) is 20.3 Å². The minimum absolute atomic E-state index is 0.0708. The number of ether oxygens (including phenoxy) is 2. The first-order valence-electron chi connectivity index (χ1n) is 8.47. The lowest BCUT2D eigenvalue weighted by Gasteiger charge is -2.08. The van der Waals surface area contributed by atoms with E-state index in [2.05, 4.69) is 27.6 Å². The first kappa shape index (κ1) is 18.1. The predicted molar refractivity (Wildman–Crippen MR) is 103 cm³/mol. The Morgan fingerprint density at radius 3 is 2.81 bits per heavy atom. The summed E-state index contributed by atoms with van der Waals surface area (Å²) in [5, 5.41) is 5.48. The van der Waals surface area contributed by atoms with Crippen LogP contribution in [0.4, 0.5) is 5.82 Å². The molecule has 136 valence electrons. The van der Waals surface area contributed by atoms with Gasteiger partial charge in [-0.2, -0.15) is 0 Å². The molecule has 3 rings (SSSR count). The van der Waals surface area contributed by atoms with Crippen LogP contribution in [0, 0.1) is 6.92 Å². The normalized spacial score (nSPS) is 10.7. The third-order valence-electron chi connectivity index (χ3n) is 3.82. The number of carbonyl (C=O) groups is 1. The molecule has 7 heteroatoms. The standard InChI is InChI=1S/C19H21N3O3S/c1-3-24-16(23)10-25-15-6-4-14(5-7-15)8-9-20-19-18-17(21-12-22-19)13(2)11-26-18/h4-7,11-12H,3,8-10H2,1-2H3,(H,20,21,22). The van der Waals surface area contributed by atoms with Gasteiger partial charge in [0.1, 0.15) is 17.9 Å². The van der Waals surface area contributed by atoms with Gasteiger partial charge in [-0.3, -0.25) is 0 Å². The lowest BCUT2D eigenvalue weighted by atomic mass is 10.1. The quantitative estimate of drug-likeness (QED) is 0.610. The van der Waals surface area contributed by atoms with Gasteiger partial charge in [-0.1, -0.05) is 12.1 Å². The number of esters is 1. The molecule has 0 saturated heterocycles. The highest BCUT2D eigenvalue weighted by atomic mass is 32.1. The maximum atomic E-state index is 11.3. The summed E-state index contributed by atoms with van der Waals surface area (Å²) < 4.78 is 11.3. The van der Waals surface area contributed by atoms with Crippen molar-refractivity contribution in [1.29, 1.82) is 0 Å². The van der Waals surface area contributed by atoms with Crippen molar-refractivity contribution in [2.75, 3.05) is 25.1 Å². The summed E-state index contributed by atoms with van der Waals surface area (Å²) in [5.74, 6) is 1.17. The van der Waals surface area contributed by atoms with Crippen LogP contribution in [0.5, 0.6) is 5.75 Å². The number of nitrogens with one attached hydrogen (secondary N) is 1. The number of hydrogen-bond acceptors (Lipinski definition) is 7. The number of hydrogen-bond donors (Lipinski definition) is 1. The van der Waals surface area contributed by atoms with Crippen LogP contribution < -0.4 is 10.1 Å². The number of aryl methyl sites for hydroxylation is 1. The first-order valence-corrected chi connectivity index (χ1v) is 9.35. The molecule has 0 radical (unpaired) electrons. The number of thiophene rings is 1. The van der Waals surface area contributed by atoms with Gasteiger partial charge in [0, 0.05) is 6.54 Å². The highest BCUT2D eigenvalue weighted by molar-refractivity contribution is 7.18. The molecule has 0 aliphatic heterocycles. The highest BCUT2D eigenvalue weighted by Crippen LogP contribution is 2.28. The van der Waals surface area contributed by atoms with E-state index in [9.17, 15) is 4.79 Å². The van der Waals surface area contributed by atoms with Crippen molar-refractivity contribution in [2.24, 2.45) is 0 Å². The summed E-state index contributed by atoms with van der Waals surface area (Å²) in [4.78, 5) is 20.0. The van der Waals surface area contributed by atoms with E-state index >= 15 is 0 Å².